The van der Waals surface area contributed by atoms with Crippen molar-refractivity contribution in [3.05, 3.63) is 35.7 Å². The minimum Gasteiger partial charge on any atom is -0.442 e. The topological polar surface area (TPSA) is 85.7 Å². The number of hydrogen-bond acceptors (Lipinski definition) is 5. The number of halogens is 1. The molecule has 1 aromatic rings. The Balaban J connectivity index is 1.73. The molecule has 0 radical (unpaired) electrons. The molecule has 1 atom stereocenters. The quantitative estimate of drug-likeness (QED) is 0.786. The molecule has 0 saturated carbocycles. The number of nitrogens with zero attached hydrogens (tertiary/aromatic N) is 3. The summed E-state index contributed by atoms with van der Waals surface area (Å²) in [5.74, 6) is -0.615. The Kier molecular flexibility index (Phi) is 5.78. The summed E-state index contributed by atoms with van der Waals surface area (Å²) in [5.41, 5.74) is 1.73. The standard InChI is InChI=1S/C21H25FN4O3/c1-14(27)24-11-17-12-26(20(28)29-17)16-4-5-19(18(22)10-16)25-9-7-15(6-8-23)21(2,3)13-25/h4-6,10,17H,7,9,11-13H2,1-3H3,(H,24,27). The van der Waals surface area contributed by atoms with Gasteiger partial charge in [0.25, 0.3) is 0 Å². The fourth-order valence-corrected chi connectivity index (χ4v) is 3.82. The Bertz CT molecular complexity index is 890. The first-order valence-electron chi connectivity index (χ1n) is 9.57. The van der Waals surface area contributed by atoms with Crippen molar-refractivity contribution < 1.29 is 18.7 Å². The maximum absolute atomic E-state index is 14.9. The van der Waals surface area contributed by atoms with Crippen molar-refractivity contribution in [3.8, 4) is 6.07 Å². The lowest BCUT2D eigenvalue weighted by Gasteiger charge is -2.41. The van der Waals surface area contributed by atoms with Crippen LogP contribution in [0.3, 0.4) is 0 Å². The molecular weight excluding hydrogens is 375 g/mol. The third-order valence-corrected chi connectivity index (χ3v) is 5.38. The van der Waals surface area contributed by atoms with E-state index in [4.69, 9.17) is 10.00 Å². The lowest BCUT2D eigenvalue weighted by atomic mass is 9.78. The summed E-state index contributed by atoms with van der Waals surface area (Å²) < 4.78 is 20.2. The largest absolute Gasteiger partial charge is 0.442 e. The van der Waals surface area contributed by atoms with E-state index in [1.807, 2.05) is 18.7 Å². The highest BCUT2D eigenvalue weighted by molar-refractivity contribution is 5.90. The van der Waals surface area contributed by atoms with E-state index in [1.165, 1.54) is 17.9 Å². The van der Waals surface area contributed by atoms with Gasteiger partial charge in [-0.2, -0.15) is 5.26 Å². The molecule has 2 aliphatic heterocycles. The van der Waals surface area contributed by atoms with Crippen LogP contribution < -0.4 is 15.1 Å². The Hall–Kier alpha value is -3.08. The molecule has 7 nitrogen and oxygen atoms in total. The maximum atomic E-state index is 14.9. The Morgan fingerprint density at radius 3 is 2.86 bits per heavy atom. The predicted octanol–water partition coefficient (Wildman–Crippen LogP) is 2.97. The van der Waals surface area contributed by atoms with Crippen molar-refractivity contribution in [2.24, 2.45) is 5.41 Å². The molecule has 2 heterocycles. The summed E-state index contributed by atoms with van der Waals surface area (Å²) in [5, 5.41) is 11.6. The number of cyclic esters (lactones) is 1. The molecule has 0 aliphatic carbocycles. The van der Waals surface area contributed by atoms with Crippen LogP contribution in [0.4, 0.5) is 20.6 Å². The number of nitrogens with one attached hydrogen (secondary N) is 1. The van der Waals surface area contributed by atoms with E-state index >= 15 is 0 Å². The van der Waals surface area contributed by atoms with Crippen molar-refractivity contribution in [2.75, 3.05) is 36.0 Å². The van der Waals surface area contributed by atoms with Crippen LogP contribution in [-0.2, 0) is 9.53 Å². The minimum absolute atomic E-state index is 0.202. The smallest absolute Gasteiger partial charge is 0.414 e. The minimum atomic E-state index is -0.558. The fraction of sp³-hybridized carbons (Fsp3) is 0.476. The fourth-order valence-electron chi connectivity index (χ4n) is 3.82. The summed E-state index contributed by atoms with van der Waals surface area (Å²) in [6.07, 6.45) is 1.26. The zero-order valence-electron chi connectivity index (χ0n) is 16.9. The normalized spacial score (nSPS) is 22.4. The second-order valence-corrected chi connectivity index (χ2v) is 8.04. The summed E-state index contributed by atoms with van der Waals surface area (Å²) >= 11 is 0. The second kappa shape index (κ2) is 8.11. The molecule has 2 aliphatic rings. The molecule has 0 spiro atoms. The highest BCUT2D eigenvalue weighted by atomic mass is 19.1. The maximum Gasteiger partial charge on any atom is 0.414 e. The SMILES string of the molecule is CC(=O)NCC1CN(c2ccc(N3CCC(=CC#N)C(C)(C)C3)c(F)c2)C(=O)O1. The number of rotatable bonds is 4. The van der Waals surface area contributed by atoms with Gasteiger partial charge < -0.3 is 15.0 Å². The number of piperidine rings is 1. The van der Waals surface area contributed by atoms with Crippen molar-refractivity contribution in [2.45, 2.75) is 33.3 Å². The number of carbonyl (C=O) groups is 2. The van der Waals surface area contributed by atoms with Gasteiger partial charge in [-0.05, 0) is 24.6 Å². The lowest BCUT2D eigenvalue weighted by molar-refractivity contribution is -0.119. The summed E-state index contributed by atoms with van der Waals surface area (Å²) in [7, 11) is 0. The number of nitriles is 1. The lowest BCUT2D eigenvalue weighted by Crippen LogP contribution is -2.42. The molecule has 2 amide bonds. The molecule has 2 saturated heterocycles. The Morgan fingerprint density at radius 2 is 2.24 bits per heavy atom. The van der Waals surface area contributed by atoms with Crippen LogP contribution >= 0.6 is 0 Å². The van der Waals surface area contributed by atoms with E-state index in [1.54, 1.807) is 18.2 Å². The average Bonchev–Trinajstić information content (AvgIpc) is 3.02. The Labute approximate surface area is 169 Å². The van der Waals surface area contributed by atoms with Gasteiger partial charge in [-0.15, -0.1) is 0 Å². The molecule has 1 N–H and O–H groups in total. The van der Waals surface area contributed by atoms with E-state index in [2.05, 4.69) is 11.4 Å². The third kappa shape index (κ3) is 4.50. The zero-order valence-corrected chi connectivity index (χ0v) is 16.9. The van der Waals surface area contributed by atoms with Crippen LogP contribution in [0, 0.1) is 22.6 Å². The predicted molar refractivity (Wildman–Crippen MR) is 107 cm³/mol. The van der Waals surface area contributed by atoms with Gasteiger partial charge in [0.2, 0.25) is 5.91 Å². The molecule has 8 heteroatoms. The number of ether oxygens (including phenoxy) is 1. The van der Waals surface area contributed by atoms with Gasteiger partial charge in [-0.3, -0.25) is 9.69 Å². The van der Waals surface area contributed by atoms with Crippen LogP contribution in [0.1, 0.15) is 27.2 Å². The van der Waals surface area contributed by atoms with Gasteiger partial charge in [0, 0.05) is 31.5 Å². The molecule has 0 bridgehead atoms. The zero-order chi connectivity index (χ0) is 21.2. The molecule has 3 rings (SSSR count). The summed E-state index contributed by atoms with van der Waals surface area (Å²) in [6, 6.07) is 6.81. The van der Waals surface area contributed by atoms with Crippen molar-refractivity contribution in [3.63, 3.8) is 0 Å². The van der Waals surface area contributed by atoms with E-state index in [0.29, 0.717) is 30.9 Å². The first-order valence-corrected chi connectivity index (χ1v) is 9.57. The highest BCUT2D eigenvalue weighted by Crippen LogP contribution is 2.37. The van der Waals surface area contributed by atoms with E-state index in [9.17, 15) is 14.0 Å². The molecule has 0 aromatic heterocycles. The monoisotopic (exact) mass is 400 g/mol. The molecule has 154 valence electrons. The first-order chi connectivity index (χ1) is 13.7. The van der Waals surface area contributed by atoms with Gasteiger partial charge >= 0.3 is 6.09 Å². The van der Waals surface area contributed by atoms with Gasteiger partial charge in [0.1, 0.15) is 11.9 Å². The summed E-state index contributed by atoms with van der Waals surface area (Å²) in [4.78, 5) is 26.5. The number of anilines is 2. The number of allylic oxidation sites excluding steroid dienone is 1. The van der Waals surface area contributed by atoms with Gasteiger partial charge in [-0.25, -0.2) is 9.18 Å². The average molecular weight is 400 g/mol. The van der Waals surface area contributed by atoms with Gasteiger partial charge in [-0.1, -0.05) is 19.4 Å². The van der Waals surface area contributed by atoms with Crippen LogP contribution in [0.15, 0.2) is 29.8 Å². The molecule has 1 unspecified atom stereocenters. The van der Waals surface area contributed by atoms with Crippen LogP contribution in [0.2, 0.25) is 0 Å². The van der Waals surface area contributed by atoms with Crippen molar-refractivity contribution in [1.29, 1.82) is 5.26 Å². The molecule has 2 fully saturated rings. The molecule has 1 aromatic carbocycles. The van der Waals surface area contributed by atoms with E-state index in [0.717, 1.165) is 5.57 Å². The second-order valence-electron chi connectivity index (χ2n) is 8.04. The third-order valence-electron chi connectivity index (χ3n) is 5.38. The van der Waals surface area contributed by atoms with Crippen molar-refractivity contribution in [1.82, 2.24) is 5.32 Å². The Morgan fingerprint density at radius 1 is 1.48 bits per heavy atom. The summed E-state index contributed by atoms with van der Waals surface area (Å²) in [6.45, 7) is 7.17. The number of benzene rings is 1. The molecular formula is C21H25FN4O3. The number of carbonyl (C=O) groups excluding carboxylic acids is 2. The van der Waals surface area contributed by atoms with Crippen LogP contribution in [0.25, 0.3) is 0 Å². The number of hydrogen-bond donors (Lipinski definition) is 1. The molecule has 29 heavy (non-hydrogen) atoms. The van der Waals surface area contributed by atoms with Crippen LogP contribution in [0.5, 0.6) is 0 Å². The van der Waals surface area contributed by atoms with Crippen LogP contribution in [-0.4, -0.2) is 44.3 Å². The van der Waals surface area contributed by atoms with E-state index in [-0.39, 0.29) is 24.4 Å². The highest BCUT2D eigenvalue weighted by Gasteiger charge is 2.34. The first kappa shape index (κ1) is 20.6. The van der Waals surface area contributed by atoms with E-state index < -0.39 is 18.0 Å². The number of amides is 2. The van der Waals surface area contributed by atoms with Crippen molar-refractivity contribution >= 4 is 23.4 Å². The van der Waals surface area contributed by atoms with Gasteiger partial charge in [0.15, 0.2) is 0 Å². The van der Waals surface area contributed by atoms with Gasteiger partial charge in [0.05, 0.1) is 30.5 Å².